The normalized spacial score (nSPS) is 10.6. The molecule has 0 aliphatic carbocycles. The molecule has 0 unspecified atom stereocenters. The first-order chi connectivity index (χ1) is 6.33. The molecule has 0 amide bonds. The van der Waals surface area contributed by atoms with Gasteiger partial charge in [-0.1, -0.05) is 11.8 Å². The molecule has 5 heteroatoms. The first-order valence-corrected chi connectivity index (χ1v) is 5.00. The molecule has 2 aromatic heterocycles. The van der Waals surface area contributed by atoms with E-state index in [2.05, 4.69) is 15.0 Å². The van der Waals surface area contributed by atoms with Crippen molar-refractivity contribution >= 4 is 22.9 Å². The molecule has 0 saturated carbocycles. The van der Waals surface area contributed by atoms with Gasteiger partial charge in [0.25, 0.3) is 0 Å². The number of thioether (sulfide) groups is 1. The Bertz CT molecular complexity index is 424. The van der Waals surface area contributed by atoms with E-state index < -0.39 is 0 Å². The number of methoxy groups -OCH3 is 1. The molecule has 0 fully saturated rings. The van der Waals surface area contributed by atoms with Crippen LogP contribution in [0.5, 0.6) is 5.88 Å². The van der Waals surface area contributed by atoms with Crippen LogP contribution < -0.4 is 4.74 Å². The first kappa shape index (κ1) is 8.37. The lowest BCUT2D eigenvalue weighted by Crippen LogP contribution is -1.86. The molecular formula is C8H9N3OS. The van der Waals surface area contributed by atoms with Gasteiger partial charge in [-0.05, 0) is 12.3 Å². The minimum absolute atomic E-state index is 0.601. The van der Waals surface area contributed by atoms with E-state index in [0.29, 0.717) is 5.88 Å². The van der Waals surface area contributed by atoms with Gasteiger partial charge in [-0.2, -0.15) is 4.98 Å². The van der Waals surface area contributed by atoms with Crippen LogP contribution in [0, 0.1) is 0 Å². The van der Waals surface area contributed by atoms with Crippen LogP contribution in [0.25, 0.3) is 11.2 Å². The average Bonchev–Trinajstić information content (AvgIpc) is 2.58. The summed E-state index contributed by atoms with van der Waals surface area (Å²) in [7, 11) is 1.60. The lowest BCUT2D eigenvalue weighted by atomic mass is 10.4. The van der Waals surface area contributed by atoms with Gasteiger partial charge in [-0.15, -0.1) is 0 Å². The second kappa shape index (κ2) is 3.26. The number of fused-ring (bicyclic) bond motifs is 1. The van der Waals surface area contributed by atoms with Gasteiger partial charge in [0.1, 0.15) is 5.52 Å². The van der Waals surface area contributed by atoms with Crippen molar-refractivity contribution in [3.63, 3.8) is 0 Å². The fraction of sp³-hybridized carbons (Fsp3) is 0.250. The SMILES string of the molecule is COc1ccc2nc(SC)[nH]c2n1. The number of hydrogen-bond donors (Lipinski definition) is 1. The minimum atomic E-state index is 0.601. The number of aromatic nitrogens is 3. The second-order valence-electron chi connectivity index (χ2n) is 2.47. The molecule has 0 atom stereocenters. The van der Waals surface area contributed by atoms with Crippen molar-refractivity contribution in [2.75, 3.05) is 13.4 Å². The Morgan fingerprint density at radius 2 is 2.23 bits per heavy atom. The van der Waals surface area contributed by atoms with Gasteiger partial charge < -0.3 is 9.72 Å². The van der Waals surface area contributed by atoms with Crippen LogP contribution >= 0.6 is 11.8 Å². The molecule has 0 aromatic carbocycles. The topological polar surface area (TPSA) is 50.8 Å². The molecule has 0 bridgehead atoms. The number of ether oxygens (including phenoxy) is 1. The van der Waals surface area contributed by atoms with Crippen LogP contribution in [0.1, 0.15) is 0 Å². The van der Waals surface area contributed by atoms with E-state index in [9.17, 15) is 0 Å². The molecule has 13 heavy (non-hydrogen) atoms. The highest BCUT2D eigenvalue weighted by Crippen LogP contribution is 2.18. The highest BCUT2D eigenvalue weighted by molar-refractivity contribution is 7.98. The molecule has 0 aliphatic heterocycles. The molecule has 1 N–H and O–H groups in total. The smallest absolute Gasteiger partial charge is 0.215 e. The van der Waals surface area contributed by atoms with E-state index in [1.54, 1.807) is 24.9 Å². The average molecular weight is 195 g/mol. The fourth-order valence-corrected chi connectivity index (χ4v) is 1.45. The second-order valence-corrected chi connectivity index (χ2v) is 3.26. The summed E-state index contributed by atoms with van der Waals surface area (Å²) in [5.74, 6) is 0.601. The molecule has 2 aromatic rings. The van der Waals surface area contributed by atoms with Crippen LogP contribution in [-0.4, -0.2) is 28.3 Å². The predicted molar refractivity (Wildman–Crippen MR) is 52.2 cm³/mol. The number of nitrogens with one attached hydrogen (secondary N) is 1. The van der Waals surface area contributed by atoms with Crippen molar-refractivity contribution < 1.29 is 4.74 Å². The van der Waals surface area contributed by atoms with Crippen molar-refractivity contribution in [3.05, 3.63) is 12.1 Å². The molecule has 2 heterocycles. The Labute approximate surface area is 79.7 Å². The number of aromatic amines is 1. The van der Waals surface area contributed by atoms with Crippen molar-refractivity contribution in [3.8, 4) is 5.88 Å². The largest absolute Gasteiger partial charge is 0.481 e. The van der Waals surface area contributed by atoms with E-state index in [1.165, 1.54) is 0 Å². The molecule has 0 saturated heterocycles. The number of rotatable bonds is 2. The highest BCUT2D eigenvalue weighted by Gasteiger charge is 2.03. The third-order valence-electron chi connectivity index (χ3n) is 1.70. The summed E-state index contributed by atoms with van der Waals surface area (Å²) in [5, 5.41) is 0.871. The summed E-state index contributed by atoms with van der Waals surface area (Å²) in [4.78, 5) is 11.6. The molecule has 4 nitrogen and oxygen atoms in total. The van der Waals surface area contributed by atoms with E-state index in [-0.39, 0.29) is 0 Å². The maximum absolute atomic E-state index is 5.00. The summed E-state index contributed by atoms with van der Waals surface area (Å²) in [6.07, 6.45) is 1.97. The van der Waals surface area contributed by atoms with Gasteiger partial charge in [-0.25, -0.2) is 4.98 Å². The molecule has 0 aliphatic rings. The van der Waals surface area contributed by atoms with Gasteiger partial charge in [-0.3, -0.25) is 0 Å². The lowest BCUT2D eigenvalue weighted by molar-refractivity contribution is 0.399. The summed E-state index contributed by atoms with van der Waals surface area (Å²) >= 11 is 1.56. The van der Waals surface area contributed by atoms with Gasteiger partial charge in [0.05, 0.1) is 7.11 Å². The molecule has 0 spiro atoms. The van der Waals surface area contributed by atoms with E-state index in [1.807, 2.05) is 12.3 Å². The maximum atomic E-state index is 5.00. The van der Waals surface area contributed by atoms with E-state index >= 15 is 0 Å². The van der Waals surface area contributed by atoms with Gasteiger partial charge in [0.2, 0.25) is 5.88 Å². The maximum Gasteiger partial charge on any atom is 0.215 e. The fourth-order valence-electron chi connectivity index (χ4n) is 1.07. The summed E-state index contributed by atoms with van der Waals surface area (Å²) in [6, 6.07) is 3.69. The summed E-state index contributed by atoms with van der Waals surface area (Å²) in [5.41, 5.74) is 1.63. The Morgan fingerprint density at radius 3 is 2.92 bits per heavy atom. The monoisotopic (exact) mass is 195 g/mol. The van der Waals surface area contributed by atoms with Crippen LogP contribution in [0.4, 0.5) is 0 Å². The highest BCUT2D eigenvalue weighted by atomic mass is 32.2. The van der Waals surface area contributed by atoms with Crippen molar-refractivity contribution in [2.45, 2.75) is 5.16 Å². The number of nitrogens with zero attached hydrogens (tertiary/aromatic N) is 2. The van der Waals surface area contributed by atoms with Crippen molar-refractivity contribution in [1.82, 2.24) is 15.0 Å². The zero-order valence-corrected chi connectivity index (χ0v) is 8.18. The molecule has 68 valence electrons. The zero-order valence-electron chi connectivity index (χ0n) is 7.37. The number of imidazole rings is 1. The Hall–Kier alpha value is -1.23. The van der Waals surface area contributed by atoms with Gasteiger partial charge in [0.15, 0.2) is 10.8 Å². The molecular weight excluding hydrogens is 186 g/mol. The van der Waals surface area contributed by atoms with E-state index in [4.69, 9.17) is 4.74 Å². The number of H-pyrrole nitrogens is 1. The Morgan fingerprint density at radius 1 is 1.38 bits per heavy atom. The first-order valence-electron chi connectivity index (χ1n) is 3.78. The van der Waals surface area contributed by atoms with Crippen molar-refractivity contribution in [1.29, 1.82) is 0 Å². The zero-order chi connectivity index (χ0) is 9.26. The third-order valence-corrected chi connectivity index (χ3v) is 2.28. The van der Waals surface area contributed by atoms with Crippen LogP contribution in [0.2, 0.25) is 0 Å². The third kappa shape index (κ3) is 1.47. The number of hydrogen-bond acceptors (Lipinski definition) is 4. The van der Waals surface area contributed by atoms with Gasteiger partial charge >= 0.3 is 0 Å². The van der Waals surface area contributed by atoms with Crippen LogP contribution in [0.15, 0.2) is 17.3 Å². The van der Waals surface area contributed by atoms with E-state index in [0.717, 1.165) is 16.3 Å². The molecule has 0 radical (unpaired) electrons. The van der Waals surface area contributed by atoms with Crippen LogP contribution in [-0.2, 0) is 0 Å². The van der Waals surface area contributed by atoms with Crippen molar-refractivity contribution in [2.24, 2.45) is 0 Å². The summed E-state index contributed by atoms with van der Waals surface area (Å²) < 4.78 is 5.00. The Balaban J connectivity index is 2.57. The van der Waals surface area contributed by atoms with Crippen LogP contribution in [0.3, 0.4) is 0 Å². The standard InChI is InChI=1S/C8H9N3OS/c1-12-6-4-3-5-7(10-6)11-8(9-5)13-2/h3-4H,1-2H3,(H,9,10,11). The number of pyridine rings is 1. The minimum Gasteiger partial charge on any atom is -0.481 e. The predicted octanol–water partition coefficient (Wildman–Crippen LogP) is 1.69. The molecule has 2 rings (SSSR count). The lowest BCUT2D eigenvalue weighted by Gasteiger charge is -1.95. The quantitative estimate of drug-likeness (QED) is 0.741. The van der Waals surface area contributed by atoms with Gasteiger partial charge in [0, 0.05) is 6.07 Å². The Kier molecular flexibility index (Phi) is 2.10. The summed E-state index contributed by atoms with van der Waals surface area (Å²) in [6.45, 7) is 0.